The normalized spacial score (nSPS) is 20.1. The molecule has 230 valence electrons. The molecule has 11 heteroatoms. The van der Waals surface area contributed by atoms with E-state index in [2.05, 4.69) is 46.4 Å². The number of hydrogen-bond acceptors (Lipinski definition) is 6. The zero-order valence-electron chi connectivity index (χ0n) is 25.0. The highest BCUT2D eigenvalue weighted by Gasteiger charge is 2.37. The number of carbonyl (C=O) groups is 2. The van der Waals surface area contributed by atoms with Crippen LogP contribution in [0.1, 0.15) is 74.0 Å². The van der Waals surface area contributed by atoms with E-state index in [9.17, 15) is 22.8 Å². The summed E-state index contributed by atoms with van der Waals surface area (Å²) in [6.07, 6.45) is 0.991. The number of halogens is 3. The summed E-state index contributed by atoms with van der Waals surface area (Å²) in [5.74, 6) is 0.212. The molecule has 4 rings (SSSR count). The largest absolute Gasteiger partial charge is 0.419 e. The number of likely N-dealkylation sites (tertiary alicyclic amines) is 1. The number of nitrogens with one attached hydrogen (secondary N) is 2. The van der Waals surface area contributed by atoms with Gasteiger partial charge in [0.1, 0.15) is 0 Å². The molecule has 2 aromatic rings. The number of aromatic nitrogens is 2. The van der Waals surface area contributed by atoms with Gasteiger partial charge in [-0.25, -0.2) is 9.97 Å². The average molecular weight is 589 g/mol. The minimum Gasteiger partial charge on any atom is -0.356 e. The molecular formula is C31H43F3N6O2. The van der Waals surface area contributed by atoms with Crippen molar-refractivity contribution in [2.75, 3.05) is 39.0 Å². The first kappa shape index (κ1) is 31.7. The summed E-state index contributed by atoms with van der Waals surface area (Å²) >= 11 is 0. The van der Waals surface area contributed by atoms with Crippen LogP contribution in [0.25, 0.3) is 0 Å². The van der Waals surface area contributed by atoms with E-state index in [1.807, 2.05) is 7.05 Å². The number of alkyl halides is 3. The minimum absolute atomic E-state index is 0.0151. The van der Waals surface area contributed by atoms with Crippen molar-refractivity contribution >= 4 is 23.5 Å². The van der Waals surface area contributed by atoms with Gasteiger partial charge in [0.15, 0.2) is 0 Å². The number of amides is 2. The van der Waals surface area contributed by atoms with Gasteiger partial charge in [-0.15, -0.1) is 0 Å². The Bertz CT molecular complexity index is 1210. The zero-order valence-corrected chi connectivity index (χ0v) is 25.0. The lowest BCUT2D eigenvalue weighted by atomic mass is 9.97. The molecule has 2 fully saturated rings. The first-order valence-corrected chi connectivity index (χ1v) is 14.9. The van der Waals surface area contributed by atoms with E-state index >= 15 is 0 Å². The number of hydrogen-bond donors (Lipinski definition) is 2. The maximum Gasteiger partial charge on any atom is 0.419 e. The van der Waals surface area contributed by atoms with E-state index in [1.54, 1.807) is 29.2 Å². The maximum atomic E-state index is 13.8. The maximum absolute atomic E-state index is 13.8. The van der Waals surface area contributed by atoms with Crippen molar-refractivity contribution in [2.45, 2.75) is 71.0 Å². The SMILES string of the molecule is CC(C)CCNC(=O)[C@H]1CC[C@@H](Cc2nc(Nc3ccc(C(=O)N(C)C4CCN(C)CC4)cc3)ncc2C(F)(F)F)C1. The fourth-order valence-electron chi connectivity index (χ4n) is 5.85. The van der Waals surface area contributed by atoms with Gasteiger partial charge in [-0.3, -0.25) is 9.59 Å². The highest BCUT2D eigenvalue weighted by molar-refractivity contribution is 5.94. The molecule has 2 atom stereocenters. The minimum atomic E-state index is -4.58. The molecule has 1 aliphatic carbocycles. The molecular weight excluding hydrogens is 545 g/mol. The number of benzene rings is 1. The summed E-state index contributed by atoms with van der Waals surface area (Å²) in [6, 6.07) is 7.00. The van der Waals surface area contributed by atoms with Crippen LogP contribution in [0.4, 0.5) is 24.8 Å². The second-order valence-electron chi connectivity index (χ2n) is 12.3. The Morgan fingerprint density at radius 2 is 1.79 bits per heavy atom. The Labute approximate surface area is 246 Å². The number of rotatable bonds is 10. The van der Waals surface area contributed by atoms with Crippen LogP contribution in [0, 0.1) is 17.8 Å². The highest BCUT2D eigenvalue weighted by atomic mass is 19.4. The van der Waals surface area contributed by atoms with Gasteiger partial charge in [-0.2, -0.15) is 13.2 Å². The van der Waals surface area contributed by atoms with Crippen molar-refractivity contribution in [3.63, 3.8) is 0 Å². The Hall–Kier alpha value is -3.21. The molecule has 0 spiro atoms. The van der Waals surface area contributed by atoms with E-state index in [1.165, 1.54) is 0 Å². The first-order chi connectivity index (χ1) is 19.9. The van der Waals surface area contributed by atoms with Crippen LogP contribution in [-0.4, -0.2) is 71.4 Å². The van der Waals surface area contributed by atoms with Crippen molar-refractivity contribution in [3.8, 4) is 0 Å². The second kappa shape index (κ2) is 13.8. The van der Waals surface area contributed by atoms with Crippen LogP contribution in [0.5, 0.6) is 0 Å². The number of piperidine rings is 1. The topological polar surface area (TPSA) is 90.5 Å². The predicted molar refractivity (Wildman–Crippen MR) is 156 cm³/mol. The lowest BCUT2D eigenvalue weighted by Gasteiger charge is -2.35. The quantitative estimate of drug-likeness (QED) is 0.380. The molecule has 2 amide bonds. The van der Waals surface area contributed by atoms with Gasteiger partial charge >= 0.3 is 6.18 Å². The zero-order chi connectivity index (χ0) is 30.4. The van der Waals surface area contributed by atoms with Gasteiger partial charge in [0.25, 0.3) is 5.91 Å². The van der Waals surface area contributed by atoms with Crippen molar-refractivity contribution in [2.24, 2.45) is 17.8 Å². The van der Waals surface area contributed by atoms with Gasteiger partial charge in [0.05, 0.1) is 11.3 Å². The number of carbonyl (C=O) groups excluding carboxylic acids is 2. The monoisotopic (exact) mass is 588 g/mol. The molecule has 1 aliphatic heterocycles. The van der Waals surface area contributed by atoms with Gasteiger partial charge in [0, 0.05) is 43.0 Å². The molecule has 0 radical (unpaired) electrons. The number of anilines is 2. The van der Waals surface area contributed by atoms with Crippen LogP contribution in [0.2, 0.25) is 0 Å². The third kappa shape index (κ3) is 8.42. The Morgan fingerprint density at radius 3 is 2.43 bits per heavy atom. The fraction of sp³-hybridized carbons (Fsp3) is 0.613. The van der Waals surface area contributed by atoms with Gasteiger partial charge in [-0.05, 0) is 101 Å². The molecule has 1 saturated heterocycles. The van der Waals surface area contributed by atoms with Gasteiger partial charge in [0.2, 0.25) is 11.9 Å². The van der Waals surface area contributed by atoms with Crippen LogP contribution in [0.15, 0.2) is 30.5 Å². The smallest absolute Gasteiger partial charge is 0.356 e. The fourth-order valence-corrected chi connectivity index (χ4v) is 5.85. The van der Waals surface area contributed by atoms with E-state index < -0.39 is 11.7 Å². The summed E-state index contributed by atoms with van der Waals surface area (Å²) in [5, 5.41) is 5.95. The van der Waals surface area contributed by atoms with E-state index in [0.717, 1.165) is 38.5 Å². The molecule has 0 unspecified atom stereocenters. The Balaban J connectivity index is 1.39. The molecule has 1 saturated carbocycles. The summed E-state index contributed by atoms with van der Waals surface area (Å²) < 4.78 is 41.5. The molecule has 8 nitrogen and oxygen atoms in total. The third-order valence-corrected chi connectivity index (χ3v) is 8.53. The molecule has 2 aliphatic rings. The van der Waals surface area contributed by atoms with E-state index in [4.69, 9.17) is 0 Å². The van der Waals surface area contributed by atoms with Crippen molar-refractivity contribution < 1.29 is 22.8 Å². The molecule has 2 N–H and O–H groups in total. The predicted octanol–water partition coefficient (Wildman–Crippen LogP) is 5.53. The first-order valence-electron chi connectivity index (χ1n) is 14.9. The summed E-state index contributed by atoms with van der Waals surface area (Å²) in [7, 11) is 3.90. The molecule has 1 aromatic heterocycles. The lowest BCUT2D eigenvalue weighted by Crippen LogP contribution is -2.44. The van der Waals surface area contributed by atoms with Gasteiger partial charge < -0.3 is 20.4 Å². The molecule has 1 aromatic carbocycles. The Morgan fingerprint density at radius 1 is 1.10 bits per heavy atom. The van der Waals surface area contributed by atoms with Crippen molar-refractivity contribution in [1.82, 2.24) is 25.1 Å². The van der Waals surface area contributed by atoms with E-state index in [0.29, 0.717) is 43.0 Å². The standard InChI is InChI=1S/C31H43F3N6O2/c1-20(2)11-14-35-28(41)23-6-5-21(17-23)18-27-26(31(32,33)34)19-36-30(38-27)37-24-9-7-22(8-10-24)29(42)40(4)25-12-15-39(3)16-13-25/h7-10,19-21,23,25H,5-6,11-18H2,1-4H3,(H,35,41)(H,36,37,38)/t21-,23+/m1/s1. The van der Waals surface area contributed by atoms with E-state index in [-0.39, 0.29) is 47.8 Å². The third-order valence-electron chi connectivity index (χ3n) is 8.53. The van der Waals surface area contributed by atoms with Crippen LogP contribution < -0.4 is 10.6 Å². The number of nitrogens with zero attached hydrogens (tertiary/aromatic N) is 4. The van der Waals surface area contributed by atoms with Crippen molar-refractivity contribution in [3.05, 3.63) is 47.3 Å². The highest BCUT2D eigenvalue weighted by Crippen LogP contribution is 2.37. The van der Waals surface area contributed by atoms with Crippen LogP contribution >= 0.6 is 0 Å². The van der Waals surface area contributed by atoms with Crippen LogP contribution in [-0.2, 0) is 17.4 Å². The lowest BCUT2D eigenvalue weighted by molar-refractivity contribution is -0.138. The van der Waals surface area contributed by atoms with Crippen molar-refractivity contribution in [1.29, 1.82) is 0 Å². The molecule has 0 bridgehead atoms. The second-order valence-corrected chi connectivity index (χ2v) is 12.3. The summed E-state index contributed by atoms with van der Waals surface area (Å²) in [4.78, 5) is 37.8. The Kier molecular flexibility index (Phi) is 10.5. The summed E-state index contributed by atoms with van der Waals surface area (Å²) in [5.41, 5.74) is 0.187. The van der Waals surface area contributed by atoms with Crippen LogP contribution in [0.3, 0.4) is 0 Å². The van der Waals surface area contributed by atoms with Gasteiger partial charge in [-0.1, -0.05) is 13.8 Å². The molecule has 2 heterocycles. The molecule has 42 heavy (non-hydrogen) atoms. The summed E-state index contributed by atoms with van der Waals surface area (Å²) in [6.45, 7) is 6.70. The average Bonchev–Trinajstić information content (AvgIpc) is 3.41.